The highest BCUT2D eigenvalue weighted by Gasteiger charge is 2.28. The molecule has 0 aliphatic rings. The number of sulfonamides is 1. The molecule has 4 nitrogen and oxygen atoms in total. The van der Waals surface area contributed by atoms with Crippen LogP contribution in [0, 0.1) is 5.92 Å². The molecule has 0 saturated carbocycles. The van der Waals surface area contributed by atoms with Crippen molar-refractivity contribution in [1.82, 2.24) is 4.31 Å². The zero-order valence-electron chi connectivity index (χ0n) is 11.3. The van der Waals surface area contributed by atoms with E-state index in [1.54, 1.807) is 11.4 Å². The van der Waals surface area contributed by atoms with Crippen LogP contribution in [0.15, 0.2) is 15.7 Å². The fourth-order valence-corrected chi connectivity index (χ4v) is 4.76. The Balaban J connectivity index is 3.08. The van der Waals surface area contributed by atoms with Gasteiger partial charge in [-0.1, -0.05) is 13.8 Å². The van der Waals surface area contributed by atoms with Crippen molar-refractivity contribution in [2.75, 3.05) is 6.54 Å². The van der Waals surface area contributed by atoms with E-state index >= 15 is 0 Å². The lowest BCUT2D eigenvalue weighted by Crippen LogP contribution is -2.39. The average molecular weight is 291 g/mol. The first-order valence-electron chi connectivity index (χ1n) is 5.99. The summed E-state index contributed by atoms with van der Waals surface area (Å²) >= 11 is 1.16. The van der Waals surface area contributed by atoms with Crippen molar-refractivity contribution in [2.45, 2.75) is 44.6 Å². The van der Waals surface area contributed by atoms with E-state index in [1.807, 2.05) is 27.7 Å². The van der Waals surface area contributed by atoms with Crippen LogP contribution in [-0.2, 0) is 16.6 Å². The highest BCUT2D eigenvalue weighted by Crippen LogP contribution is 2.26. The van der Waals surface area contributed by atoms with Gasteiger partial charge in [-0.2, -0.15) is 4.31 Å². The molecule has 6 heteroatoms. The lowest BCUT2D eigenvalue weighted by molar-refractivity contribution is 0.282. The summed E-state index contributed by atoms with van der Waals surface area (Å²) in [6.45, 7) is 8.13. The maximum absolute atomic E-state index is 12.5. The van der Waals surface area contributed by atoms with E-state index in [0.717, 1.165) is 11.3 Å². The largest absolute Gasteiger partial charge is 0.392 e. The summed E-state index contributed by atoms with van der Waals surface area (Å²) in [7, 11) is -3.44. The van der Waals surface area contributed by atoms with Crippen LogP contribution in [0.2, 0.25) is 0 Å². The molecular weight excluding hydrogens is 270 g/mol. The molecule has 0 aromatic carbocycles. The van der Waals surface area contributed by atoms with Crippen molar-refractivity contribution in [3.63, 3.8) is 0 Å². The molecule has 0 bridgehead atoms. The van der Waals surface area contributed by atoms with Gasteiger partial charge in [-0.3, -0.25) is 0 Å². The molecule has 1 N–H and O–H groups in total. The van der Waals surface area contributed by atoms with Crippen molar-refractivity contribution in [3.8, 4) is 0 Å². The minimum Gasteiger partial charge on any atom is -0.392 e. The Morgan fingerprint density at radius 3 is 2.33 bits per heavy atom. The molecule has 104 valence electrons. The third-order valence-electron chi connectivity index (χ3n) is 2.50. The van der Waals surface area contributed by atoms with E-state index in [1.165, 1.54) is 4.31 Å². The van der Waals surface area contributed by atoms with E-state index in [4.69, 9.17) is 5.11 Å². The second-order valence-electron chi connectivity index (χ2n) is 4.99. The summed E-state index contributed by atoms with van der Waals surface area (Å²) < 4.78 is 26.8. The highest BCUT2D eigenvalue weighted by atomic mass is 32.2. The Morgan fingerprint density at radius 2 is 1.94 bits per heavy atom. The van der Waals surface area contributed by atoms with Crippen molar-refractivity contribution < 1.29 is 13.5 Å². The topological polar surface area (TPSA) is 57.6 Å². The first-order chi connectivity index (χ1) is 8.28. The van der Waals surface area contributed by atoms with E-state index in [0.29, 0.717) is 16.3 Å². The van der Waals surface area contributed by atoms with E-state index in [2.05, 4.69) is 0 Å². The van der Waals surface area contributed by atoms with Crippen LogP contribution < -0.4 is 0 Å². The Hall–Kier alpha value is -0.430. The highest BCUT2D eigenvalue weighted by molar-refractivity contribution is 7.91. The molecule has 0 fully saturated rings. The fourth-order valence-electron chi connectivity index (χ4n) is 1.63. The minimum absolute atomic E-state index is 0.0722. The molecule has 1 heterocycles. The van der Waals surface area contributed by atoms with Crippen molar-refractivity contribution >= 4 is 21.4 Å². The predicted octanol–water partition coefficient (Wildman–Crippen LogP) is 2.30. The SMILES string of the molecule is CC(C)CN(C(C)C)S(=O)(=O)c1cc(CO)cs1. The number of aliphatic hydroxyl groups excluding tert-OH is 1. The number of hydrogen-bond donors (Lipinski definition) is 1. The molecular formula is C12H21NO3S2. The summed E-state index contributed by atoms with van der Waals surface area (Å²) in [4.78, 5) is 0. The smallest absolute Gasteiger partial charge is 0.252 e. The molecule has 0 saturated heterocycles. The normalized spacial score (nSPS) is 12.9. The molecule has 18 heavy (non-hydrogen) atoms. The second kappa shape index (κ2) is 6.14. The van der Waals surface area contributed by atoms with E-state index < -0.39 is 10.0 Å². The standard InChI is InChI=1S/C12H21NO3S2/c1-9(2)6-13(10(3)4)18(15,16)12-5-11(7-14)8-17-12/h5,8-10,14H,6-7H2,1-4H3. The summed E-state index contributed by atoms with van der Waals surface area (Å²) in [6, 6.07) is 1.48. The number of aliphatic hydroxyl groups is 1. The van der Waals surface area contributed by atoms with E-state index in [-0.39, 0.29) is 18.6 Å². The third-order valence-corrected chi connectivity index (χ3v) is 6.00. The third kappa shape index (κ3) is 3.54. The Morgan fingerprint density at radius 1 is 1.33 bits per heavy atom. The Kier molecular flexibility index (Phi) is 5.33. The molecule has 0 spiro atoms. The maximum Gasteiger partial charge on any atom is 0.252 e. The zero-order chi connectivity index (χ0) is 13.9. The van der Waals surface area contributed by atoms with Crippen molar-refractivity contribution in [2.24, 2.45) is 5.92 Å². The number of rotatable bonds is 6. The van der Waals surface area contributed by atoms with Gasteiger partial charge < -0.3 is 5.11 Å². The maximum atomic E-state index is 12.5. The van der Waals surface area contributed by atoms with Gasteiger partial charge in [-0.05, 0) is 36.8 Å². The average Bonchev–Trinajstić information content (AvgIpc) is 2.74. The molecule has 0 unspecified atom stereocenters. The molecule has 0 atom stereocenters. The van der Waals surface area contributed by atoms with Gasteiger partial charge in [-0.15, -0.1) is 11.3 Å². The Labute approximate surface area is 113 Å². The molecule has 0 amide bonds. The monoisotopic (exact) mass is 291 g/mol. The Bertz CT molecular complexity index is 477. The predicted molar refractivity (Wildman–Crippen MR) is 74.1 cm³/mol. The van der Waals surface area contributed by atoms with Crippen LogP contribution in [0.5, 0.6) is 0 Å². The summed E-state index contributed by atoms with van der Waals surface area (Å²) in [5.74, 6) is 0.277. The van der Waals surface area contributed by atoms with Gasteiger partial charge in [0.05, 0.1) is 6.61 Å². The number of hydrogen-bond acceptors (Lipinski definition) is 4. The van der Waals surface area contributed by atoms with Gasteiger partial charge >= 0.3 is 0 Å². The van der Waals surface area contributed by atoms with Gasteiger partial charge in [0.15, 0.2) is 0 Å². The fraction of sp³-hybridized carbons (Fsp3) is 0.667. The van der Waals surface area contributed by atoms with E-state index in [9.17, 15) is 8.42 Å². The van der Waals surface area contributed by atoms with Gasteiger partial charge in [-0.25, -0.2) is 8.42 Å². The molecule has 1 rings (SSSR count). The summed E-state index contributed by atoms with van der Waals surface area (Å²) in [6.07, 6.45) is 0. The first-order valence-corrected chi connectivity index (χ1v) is 8.31. The molecule has 0 radical (unpaired) electrons. The van der Waals surface area contributed by atoms with Crippen LogP contribution in [0.25, 0.3) is 0 Å². The number of nitrogens with zero attached hydrogens (tertiary/aromatic N) is 1. The lowest BCUT2D eigenvalue weighted by Gasteiger charge is -2.26. The van der Waals surface area contributed by atoms with Crippen molar-refractivity contribution in [1.29, 1.82) is 0 Å². The summed E-state index contributed by atoms with van der Waals surface area (Å²) in [5.41, 5.74) is 0.645. The first kappa shape index (κ1) is 15.6. The van der Waals surface area contributed by atoms with Gasteiger partial charge in [0, 0.05) is 12.6 Å². The van der Waals surface area contributed by atoms with Gasteiger partial charge in [0.2, 0.25) is 0 Å². The molecule has 0 aliphatic heterocycles. The van der Waals surface area contributed by atoms with Crippen LogP contribution in [0.3, 0.4) is 0 Å². The van der Waals surface area contributed by atoms with Gasteiger partial charge in [0.1, 0.15) is 4.21 Å². The quantitative estimate of drug-likeness (QED) is 0.875. The molecule has 1 aromatic rings. The number of thiophene rings is 1. The van der Waals surface area contributed by atoms with Crippen LogP contribution >= 0.6 is 11.3 Å². The van der Waals surface area contributed by atoms with Crippen molar-refractivity contribution in [3.05, 3.63) is 17.0 Å². The zero-order valence-corrected chi connectivity index (χ0v) is 12.9. The molecule has 1 aromatic heterocycles. The minimum atomic E-state index is -3.44. The van der Waals surface area contributed by atoms with Crippen LogP contribution in [0.4, 0.5) is 0 Å². The lowest BCUT2D eigenvalue weighted by atomic mass is 10.2. The van der Waals surface area contributed by atoms with Gasteiger partial charge in [0.25, 0.3) is 10.0 Å². The summed E-state index contributed by atoms with van der Waals surface area (Å²) in [5, 5.41) is 10.7. The van der Waals surface area contributed by atoms with Crippen LogP contribution in [-0.4, -0.2) is 30.4 Å². The van der Waals surface area contributed by atoms with Crippen LogP contribution in [0.1, 0.15) is 33.3 Å². The molecule has 0 aliphatic carbocycles. The second-order valence-corrected chi connectivity index (χ2v) is 8.02.